The third-order valence-electron chi connectivity index (χ3n) is 3.00. The van der Waals surface area contributed by atoms with Gasteiger partial charge >= 0.3 is 0 Å². The van der Waals surface area contributed by atoms with Gasteiger partial charge < -0.3 is 14.6 Å². The number of hydrogen-bond donors (Lipinski definition) is 1. The lowest BCUT2D eigenvalue weighted by Crippen LogP contribution is -2.04. The SMILES string of the molecule is COc1cccc(C(O)c2cccc(Cl)c2Cl)c1OC. The van der Waals surface area contributed by atoms with Gasteiger partial charge in [-0.1, -0.05) is 47.5 Å². The van der Waals surface area contributed by atoms with Crippen LogP contribution in [0.2, 0.25) is 10.0 Å². The Kier molecular flexibility index (Phi) is 4.76. The lowest BCUT2D eigenvalue weighted by atomic mass is 10.00. The summed E-state index contributed by atoms with van der Waals surface area (Å²) in [5.74, 6) is 1.01. The fourth-order valence-corrected chi connectivity index (χ4v) is 2.44. The van der Waals surface area contributed by atoms with Crippen LogP contribution < -0.4 is 9.47 Å². The minimum atomic E-state index is -0.953. The third-order valence-corrected chi connectivity index (χ3v) is 3.84. The van der Waals surface area contributed by atoms with Gasteiger partial charge in [0.25, 0.3) is 0 Å². The van der Waals surface area contributed by atoms with Gasteiger partial charge in [0.1, 0.15) is 6.10 Å². The van der Waals surface area contributed by atoms with Gasteiger partial charge in [-0.2, -0.15) is 0 Å². The van der Waals surface area contributed by atoms with E-state index in [-0.39, 0.29) is 0 Å². The van der Waals surface area contributed by atoms with E-state index in [1.54, 1.807) is 43.5 Å². The van der Waals surface area contributed by atoms with Gasteiger partial charge in [-0.05, 0) is 12.1 Å². The van der Waals surface area contributed by atoms with E-state index < -0.39 is 6.10 Å². The number of methoxy groups -OCH3 is 2. The first-order valence-electron chi connectivity index (χ1n) is 5.93. The first kappa shape index (κ1) is 15.0. The molecule has 0 aliphatic carbocycles. The van der Waals surface area contributed by atoms with Crippen LogP contribution in [0.15, 0.2) is 36.4 Å². The Bertz CT molecular complexity index is 614. The van der Waals surface area contributed by atoms with E-state index in [0.29, 0.717) is 32.7 Å². The molecule has 0 bridgehead atoms. The summed E-state index contributed by atoms with van der Waals surface area (Å²) in [5, 5.41) is 11.3. The van der Waals surface area contributed by atoms with Crippen molar-refractivity contribution in [3.05, 3.63) is 57.6 Å². The quantitative estimate of drug-likeness (QED) is 0.924. The molecule has 0 aliphatic heterocycles. The number of hydrogen-bond acceptors (Lipinski definition) is 3. The predicted octanol–water partition coefficient (Wildman–Crippen LogP) is 4.09. The van der Waals surface area contributed by atoms with Gasteiger partial charge in [0.15, 0.2) is 11.5 Å². The molecule has 1 atom stereocenters. The first-order chi connectivity index (χ1) is 9.60. The number of ether oxygens (including phenoxy) is 2. The smallest absolute Gasteiger partial charge is 0.166 e. The Hall–Kier alpha value is -1.42. The molecule has 0 heterocycles. The summed E-state index contributed by atoms with van der Waals surface area (Å²) >= 11 is 12.1. The van der Waals surface area contributed by atoms with Gasteiger partial charge in [0.2, 0.25) is 0 Å². The Balaban J connectivity index is 2.53. The molecule has 0 saturated carbocycles. The number of rotatable bonds is 4. The predicted molar refractivity (Wildman–Crippen MR) is 80.1 cm³/mol. The summed E-state index contributed by atoms with van der Waals surface area (Å²) in [7, 11) is 3.06. The summed E-state index contributed by atoms with van der Waals surface area (Å²) in [4.78, 5) is 0. The van der Waals surface area contributed by atoms with Crippen molar-refractivity contribution >= 4 is 23.2 Å². The van der Waals surface area contributed by atoms with Crippen molar-refractivity contribution in [1.29, 1.82) is 0 Å². The average molecular weight is 313 g/mol. The van der Waals surface area contributed by atoms with Crippen LogP contribution in [0, 0.1) is 0 Å². The molecule has 0 radical (unpaired) electrons. The van der Waals surface area contributed by atoms with E-state index in [4.69, 9.17) is 32.7 Å². The molecule has 0 aliphatic rings. The number of para-hydroxylation sites is 1. The molecule has 2 aromatic carbocycles. The van der Waals surface area contributed by atoms with Crippen LogP contribution in [0.1, 0.15) is 17.2 Å². The van der Waals surface area contributed by atoms with E-state index >= 15 is 0 Å². The third kappa shape index (κ3) is 2.70. The van der Waals surface area contributed by atoms with Crippen LogP contribution in [-0.2, 0) is 0 Å². The highest BCUT2D eigenvalue weighted by atomic mass is 35.5. The molecule has 5 heteroatoms. The van der Waals surface area contributed by atoms with Gasteiger partial charge in [-0.15, -0.1) is 0 Å². The topological polar surface area (TPSA) is 38.7 Å². The molecule has 0 amide bonds. The maximum absolute atomic E-state index is 10.6. The Morgan fingerprint density at radius 2 is 1.60 bits per heavy atom. The highest BCUT2D eigenvalue weighted by molar-refractivity contribution is 6.42. The number of aliphatic hydroxyl groups excluding tert-OH is 1. The fraction of sp³-hybridized carbons (Fsp3) is 0.200. The maximum atomic E-state index is 10.6. The van der Waals surface area contributed by atoms with Crippen molar-refractivity contribution in [2.24, 2.45) is 0 Å². The second-order valence-electron chi connectivity index (χ2n) is 4.13. The first-order valence-corrected chi connectivity index (χ1v) is 6.68. The lowest BCUT2D eigenvalue weighted by Gasteiger charge is -2.18. The van der Waals surface area contributed by atoms with E-state index in [0.717, 1.165) is 0 Å². The van der Waals surface area contributed by atoms with E-state index in [2.05, 4.69) is 0 Å². The number of benzene rings is 2. The molecule has 20 heavy (non-hydrogen) atoms. The Morgan fingerprint density at radius 3 is 2.25 bits per heavy atom. The largest absolute Gasteiger partial charge is 0.493 e. The molecule has 3 nitrogen and oxygen atoms in total. The van der Waals surface area contributed by atoms with Gasteiger partial charge in [-0.3, -0.25) is 0 Å². The zero-order valence-electron chi connectivity index (χ0n) is 11.1. The van der Waals surface area contributed by atoms with Gasteiger partial charge in [-0.25, -0.2) is 0 Å². The molecule has 1 N–H and O–H groups in total. The van der Waals surface area contributed by atoms with Crippen LogP contribution >= 0.6 is 23.2 Å². The van der Waals surface area contributed by atoms with E-state index in [1.807, 2.05) is 0 Å². The molecular formula is C15H14Cl2O3. The van der Waals surface area contributed by atoms with Crippen LogP contribution in [0.25, 0.3) is 0 Å². The maximum Gasteiger partial charge on any atom is 0.166 e. The van der Waals surface area contributed by atoms with Crippen LogP contribution in [-0.4, -0.2) is 19.3 Å². The number of halogens is 2. The second kappa shape index (κ2) is 6.35. The van der Waals surface area contributed by atoms with Gasteiger partial charge in [0.05, 0.1) is 24.3 Å². The van der Waals surface area contributed by atoms with E-state index in [1.165, 1.54) is 7.11 Å². The normalized spacial score (nSPS) is 12.1. The Labute approximate surface area is 127 Å². The van der Waals surface area contributed by atoms with Crippen molar-refractivity contribution in [3.63, 3.8) is 0 Å². The summed E-state index contributed by atoms with van der Waals surface area (Å²) < 4.78 is 10.5. The summed E-state index contributed by atoms with van der Waals surface area (Å²) in [6.45, 7) is 0. The molecule has 0 spiro atoms. The van der Waals surface area contributed by atoms with Crippen molar-refractivity contribution in [2.75, 3.05) is 14.2 Å². The van der Waals surface area contributed by atoms with Crippen molar-refractivity contribution in [2.45, 2.75) is 6.10 Å². The average Bonchev–Trinajstić information content (AvgIpc) is 2.48. The van der Waals surface area contributed by atoms with Crippen LogP contribution in [0.4, 0.5) is 0 Å². The lowest BCUT2D eigenvalue weighted by molar-refractivity contribution is 0.213. The molecule has 2 aromatic rings. The minimum absolute atomic E-state index is 0.325. The molecule has 1 unspecified atom stereocenters. The van der Waals surface area contributed by atoms with Crippen molar-refractivity contribution < 1.29 is 14.6 Å². The summed E-state index contributed by atoms with van der Waals surface area (Å²) in [6, 6.07) is 10.4. The van der Waals surface area contributed by atoms with Crippen molar-refractivity contribution in [3.8, 4) is 11.5 Å². The van der Waals surface area contributed by atoms with Crippen LogP contribution in [0.3, 0.4) is 0 Å². The summed E-state index contributed by atoms with van der Waals surface area (Å²) in [6.07, 6.45) is -0.953. The standard InChI is InChI=1S/C15H14Cl2O3/c1-19-12-8-4-6-10(15(12)20-2)14(18)9-5-3-7-11(16)13(9)17/h3-8,14,18H,1-2H3. The zero-order chi connectivity index (χ0) is 14.7. The molecule has 106 valence electrons. The molecule has 0 saturated heterocycles. The molecule has 0 aromatic heterocycles. The fourth-order valence-electron chi connectivity index (χ4n) is 2.03. The minimum Gasteiger partial charge on any atom is -0.493 e. The summed E-state index contributed by atoms with van der Waals surface area (Å²) in [5.41, 5.74) is 1.08. The number of aliphatic hydroxyl groups is 1. The monoisotopic (exact) mass is 312 g/mol. The molecule has 2 rings (SSSR count). The highest BCUT2D eigenvalue weighted by Crippen LogP contribution is 2.40. The van der Waals surface area contributed by atoms with Gasteiger partial charge in [0, 0.05) is 11.1 Å². The van der Waals surface area contributed by atoms with Crippen LogP contribution in [0.5, 0.6) is 11.5 Å². The molecular weight excluding hydrogens is 299 g/mol. The highest BCUT2D eigenvalue weighted by Gasteiger charge is 2.21. The van der Waals surface area contributed by atoms with Crippen molar-refractivity contribution in [1.82, 2.24) is 0 Å². The Morgan fingerprint density at radius 1 is 0.950 bits per heavy atom. The second-order valence-corrected chi connectivity index (χ2v) is 4.91. The van der Waals surface area contributed by atoms with E-state index in [9.17, 15) is 5.11 Å². The zero-order valence-corrected chi connectivity index (χ0v) is 12.6. The molecule has 0 fully saturated rings.